The zero-order valence-corrected chi connectivity index (χ0v) is 12.7. The van der Waals surface area contributed by atoms with Gasteiger partial charge in [0.15, 0.2) is 5.13 Å². The lowest BCUT2D eigenvalue weighted by Gasteiger charge is -2.03. The third-order valence-electron chi connectivity index (χ3n) is 2.89. The maximum atomic E-state index is 5.89. The molecule has 0 bridgehead atoms. The number of nitrogens with two attached hydrogens (primary N) is 1. The quantitative estimate of drug-likeness (QED) is 0.751. The molecule has 0 aliphatic rings. The number of rotatable bonds is 3. The molecule has 0 radical (unpaired) electrons. The van der Waals surface area contributed by atoms with Crippen LogP contribution < -0.4 is 5.73 Å². The van der Waals surface area contributed by atoms with Gasteiger partial charge in [-0.3, -0.25) is 0 Å². The van der Waals surface area contributed by atoms with Crippen LogP contribution in [0.1, 0.15) is 5.56 Å². The molecule has 0 spiro atoms. The van der Waals surface area contributed by atoms with E-state index < -0.39 is 0 Å². The van der Waals surface area contributed by atoms with Crippen molar-refractivity contribution < 1.29 is 0 Å². The molecule has 0 amide bonds. The molecular weight excluding hydrogens is 284 g/mol. The van der Waals surface area contributed by atoms with Crippen LogP contribution in [0.4, 0.5) is 5.13 Å². The molecule has 0 aliphatic heterocycles. The Balaban J connectivity index is 1.96. The fourth-order valence-electron chi connectivity index (χ4n) is 1.88. The summed E-state index contributed by atoms with van der Waals surface area (Å²) in [5.41, 5.74) is 9.23. The second kappa shape index (κ2) is 5.69. The van der Waals surface area contributed by atoms with Gasteiger partial charge < -0.3 is 5.73 Å². The Morgan fingerprint density at radius 2 is 1.70 bits per heavy atom. The van der Waals surface area contributed by atoms with Crippen LogP contribution in [0.25, 0.3) is 11.3 Å². The Morgan fingerprint density at radius 3 is 2.40 bits per heavy atom. The standard InChI is InChI=1S/C16H14N2S2/c1-11-7-9-13(10-8-11)19-15-14(18-16(17)20-15)12-5-3-2-4-6-12/h2-10H,1H3,(H2,17,18). The summed E-state index contributed by atoms with van der Waals surface area (Å²) in [6.07, 6.45) is 0. The zero-order chi connectivity index (χ0) is 13.9. The number of thiazole rings is 1. The van der Waals surface area contributed by atoms with Crippen LogP contribution in [0.3, 0.4) is 0 Å². The van der Waals surface area contributed by atoms with E-state index in [1.807, 2.05) is 18.2 Å². The molecule has 100 valence electrons. The Labute approximate surface area is 126 Å². The first-order valence-electron chi connectivity index (χ1n) is 6.28. The largest absolute Gasteiger partial charge is 0.375 e. The second-order valence-electron chi connectivity index (χ2n) is 4.47. The summed E-state index contributed by atoms with van der Waals surface area (Å²) in [6.45, 7) is 2.09. The Kier molecular flexibility index (Phi) is 3.76. The van der Waals surface area contributed by atoms with E-state index in [4.69, 9.17) is 5.73 Å². The molecule has 0 unspecified atom stereocenters. The van der Waals surface area contributed by atoms with Gasteiger partial charge in [-0.25, -0.2) is 4.98 Å². The van der Waals surface area contributed by atoms with E-state index in [2.05, 4.69) is 48.3 Å². The molecule has 4 heteroatoms. The molecular formula is C16H14N2S2. The number of nitrogen functional groups attached to an aromatic ring is 1. The van der Waals surface area contributed by atoms with Gasteiger partial charge >= 0.3 is 0 Å². The van der Waals surface area contributed by atoms with Gasteiger partial charge in [-0.1, -0.05) is 71.1 Å². The summed E-state index contributed by atoms with van der Waals surface area (Å²) >= 11 is 3.25. The van der Waals surface area contributed by atoms with Crippen LogP contribution >= 0.6 is 23.1 Å². The summed E-state index contributed by atoms with van der Waals surface area (Å²) in [7, 11) is 0. The van der Waals surface area contributed by atoms with Crippen molar-refractivity contribution in [3.8, 4) is 11.3 Å². The molecule has 0 fully saturated rings. The number of hydrogen-bond donors (Lipinski definition) is 1. The highest BCUT2D eigenvalue weighted by Gasteiger charge is 2.12. The summed E-state index contributed by atoms with van der Waals surface area (Å²) in [6, 6.07) is 18.7. The highest BCUT2D eigenvalue weighted by molar-refractivity contribution is 8.01. The van der Waals surface area contributed by atoms with E-state index in [0.29, 0.717) is 5.13 Å². The van der Waals surface area contributed by atoms with Crippen LogP contribution in [-0.2, 0) is 0 Å². The smallest absolute Gasteiger partial charge is 0.181 e. The zero-order valence-electron chi connectivity index (χ0n) is 11.0. The summed E-state index contributed by atoms with van der Waals surface area (Å²) in [5.74, 6) is 0. The van der Waals surface area contributed by atoms with Crippen molar-refractivity contribution in [2.24, 2.45) is 0 Å². The van der Waals surface area contributed by atoms with E-state index in [-0.39, 0.29) is 0 Å². The number of anilines is 1. The fourth-order valence-corrected chi connectivity index (χ4v) is 3.93. The molecule has 0 saturated heterocycles. The van der Waals surface area contributed by atoms with Gasteiger partial charge in [0.25, 0.3) is 0 Å². The van der Waals surface area contributed by atoms with Crippen molar-refractivity contribution in [3.05, 3.63) is 60.2 Å². The van der Waals surface area contributed by atoms with E-state index in [1.165, 1.54) is 21.8 Å². The third kappa shape index (κ3) is 2.86. The third-order valence-corrected chi connectivity index (χ3v) is 4.96. The van der Waals surface area contributed by atoms with Gasteiger partial charge in [-0.15, -0.1) is 0 Å². The molecule has 0 aliphatic carbocycles. The van der Waals surface area contributed by atoms with Crippen molar-refractivity contribution in [3.63, 3.8) is 0 Å². The molecule has 2 aromatic carbocycles. The van der Waals surface area contributed by atoms with Crippen LogP contribution in [-0.4, -0.2) is 4.98 Å². The highest BCUT2D eigenvalue weighted by atomic mass is 32.2. The molecule has 0 saturated carbocycles. The van der Waals surface area contributed by atoms with Gasteiger partial charge in [0.2, 0.25) is 0 Å². The lowest BCUT2D eigenvalue weighted by molar-refractivity contribution is 1.35. The number of aromatic nitrogens is 1. The SMILES string of the molecule is Cc1ccc(Sc2sc(N)nc2-c2ccccc2)cc1. The van der Waals surface area contributed by atoms with Crippen molar-refractivity contribution in [2.75, 3.05) is 5.73 Å². The molecule has 3 rings (SSSR count). The van der Waals surface area contributed by atoms with E-state index in [9.17, 15) is 0 Å². The van der Waals surface area contributed by atoms with Crippen molar-refractivity contribution in [1.82, 2.24) is 4.98 Å². The van der Waals surface area contributed by atoms with Gasteiger partial charge in [-0.2, -0.15) is 0 Å². The van der Waals surface area contributed by atoms with Gasteiger partial charge in [0.05, 0.1) is 9.90 Å². The first-order valence-corrected chi connectivity index (χ1v) is 7.92. The topological polar surface area (TPSA) is 38.9 Å². The molecule has 2 nitrogen and oxygen atoms in total. The molecule has 1 heterocycles. The van der Waals surface area contributed by atoms with Crippen molar-refractivity contribution >= 4 is 28.2 Å². The minimum Gasteiger partial charge on any atom is -0.375 e. The second-order valence-corrected chi connectivity index (χ2v) is 6.84. The predicted octanol–water partition coefficient (Wildman–Crippen LogP) is 4.85. The fraction of sp³-hybridized carbons (Fsp3) is 0.0625. The minimum absolute atomic E-state index is 0.610. The van der Waals surface area contributed by atoms with Gasteiger partial charge in [-0.05, 0) is 19.1 Å². The van der Waals surface area contributed by atoms with Crippen LogP contribution in [0.5, 0.6) is 0 Å². The first kappa shape index (κ1) is 13.2. The Morgan fingerprint density at radius 1 is 1.00 bits per heavy atom. The van der Waals surface area contributed by atoms with E-state index >= 15 is 0 Å². The predicted molar refractivity (Wildman–Crippen MR) is 87.3 cm³/mol. The maximum absolute atomic E-state index is 5.89. The van der Waals surface area contributed by atoms with E-state index in [1.54, 1.807) is 11.8 Å². The molecule has 2 N–H and O–H groups in total. The Hall–Kier alpha value is -1.78. The lowest BCUT2D eigenvalue weighted by atomic mass is 10.2. The summed E-state index contributed by atoms with van der Waals surface area (Å²) < 4.78 is 1.14. The lowest BCUT2D eigenvalue weighted by Crippen LogP contribution is -1.83. The first-order chi connectivity index (χ1) is 9.72. The van der Waals surface area contributed by atoms with Gasteiger partial charge in [0, 0.05) is 10.5 Å². The van der Waals surface area contributed by atoms with Crippen LogP contribution in [0, 0.1) is 6.92 Å². The average molecular weight is 298 g/mol. The van der Waals surface area contributed by atoms with Crippen LogP contribution in [0.2, 0.25) is 0 Å². The minimum atomic E-state index is 0.610. The number of aryl methyl sites for hydroxylation is 1. The average Bonchev–Trinajstić information content (AvgIpc) is 2.83. The maximum Gasteiger partial charge on any atom is 0.181 e. The van der Waals surface area contributed by atoms with Gasteiger partial charge in [0.1, 0.15) is 0 Å². The van der Waals surface area contributed by atoms with E-state index in [0.717, 1.165) is 15.5 Å². The number of hydrogen-bond acceptors (Lipinski definition) is 4. The van der Waals surface area contributed by atoms with Crippen molar-refractivity contribution in [1.29, 1.82) is 0 Å². The van der Waals surface area contributed by atoms with Crippen molar-refractivity contribution in [2.45, 2.75) is 16.0 Å². The summed E-state index contributed by atoms with van der Waals surface area (Å²) in [4.78, 5) is 5.68. The highest BCUT2D eigenvalue weighted by Crippen LogP contribution is 2.40. The van der Waals surface area contributed by atoms with Crippen LogP contribution in [0.15, 0.2) is 63.7 Å². The molecule has 20 heavy (non-hydrogen) atoms. The summed E-state index contributed by atoms with van der Waals surface area (Å²) in [5, 5.41) is 0.610. The Bertz CT molecular complexity index is 703. The normalized spacial score (nSPS) is 10.7. The molecule has 3 aromatic rings. The molecule has 0 atom stereocenters. The number of nitrogens with zero attached hydrogens (tertiary/aromatic N) is 1. The monoisotopic (exact) mass is 298 g/mol. The molecule has 1 aromatic heterocycles. The number of benzene rings is 2.